The molecular formula is C5H10CaN2O4. The van der Waals surface area contributed by atoms with E-state index in [-0.39, 0.29) is 37.7 Å². The van der Waals surface area contributed by atoms with E-state index in [1.807, 2.05) is 0 Å². The first-order valence-electron chi connectivity index (χ1n) is 3.30. The fraction of sp³-hybridized carbons (Fsp3) is 0.800. The van der Waals surface area contributed by atoms with E-state index in [1.54, 1.807) is 0 Å². The third-order valence-corrected chi connectivity index (χ3v) is 1.51. The van der Waals surface area contributed by atoms with Crippen LogP contribution in [0.15, 0.2) is 0 Å². The monoisotopic (exact) mass is 202 g/mol. The van der Waals surface area contributed by atoms with Gasteiger partial charge in [-0.05, 0) is 19.4 Å². The molecule has 7 heteroatoms. The number of hydrogen-bond donors (Lipinski definition) is 1. The molecule has 0 radical (unpaired) electrons. The average molecular weight is 202 g/mol. The van der Waals surface area contributed by atoms with E-state index < -0.39 is 17.1 Å². The SMILES string of the molecule is O=C(O[N+](=O)[O-])[C@@H]1CCCN1.[CaH2]. The summed E-state index contributed by atoms with van der Waals surface area (Å²) in [5.41, 5.74) is 0. The summed E-state index contributed by atoms with van der Waals surface area (Å²) in [6.45, 7) is 0.720. The predicted octanol–water partition coefficient (Wildman–Crippen LogP) is -1.44. The molecule has 1 aliphatic heterocycles. The molecule has 0 aromatic carbocycles. The molecule has 0 saturated carbocycles. The van der Waals surface area contributed by atoms with Gasteiger partial charge in [-0.3, -0.25) is 4.79 Å². The Bertz CT molecular complexity index is 180. The van der Waals surface area contributed by atoms with Gasteiger partial charge < -0.3 is 5.32 Å². The Kier molecular flexibility index (Phi) is 5.73. The Morgan fingerprint density at radius 1 is 1.67 bits per heavy atom. The molecule has 1 saturated heterocycles. The van der Waals surface area contributed by atoms with Crippen molar-refractivity contribution in [3.05, 3.63) is 10.1 Å². The van der Waals surface area contributed by atoms with Gasteiger partial charge in [-0.15, -0.1) is 10.1 Å². The molecule has 6 nitrogen and oxygen atoms in total. The second-order valence-electron chi connectivity index (χ2n) is 2.28. The molecule has 0 bridgehead atoms. The van der Waals surface area contributed by atoms with Crippen molar-refractivity contribution in [1.29, 1.82) is 0 Å². The van der Waals surface area contributed by atoms with Gasteiger partial charge in [-0.1, -0.05) is 0 Å². The van der Waals surface area contributed by atoms with Gasteiger partial charge >= 0.3 is 48.8 Å². The van der Waals surface area contributed by atoms with Crippen LogP contribution in [0.3, 0.4) is 0 Å². The fourth-order valence-electron chi connectivity index (χ4n) is 1.02. The van der Waals surface area contributed by atoms with E-state index in [4.69, 9.17) is 0 Å². The van der Waals surface area contributed by atoms with Crippen LogP contribution in [0.4, 0.5) is 0 Å². The van der Waals surface area contributed by atoms with Crippen LogP contribution in [0, 0.1) is 10.1 Å². The van der Waals surface area contributed by atoms with Crippen LogP contribution in [-0.2, 0) is 9.63 Å². The maximum atomic E-state index is 10.7. The zero-order chi connectivity index (χ0) is 8.27. The van der Waals surface area contributed by atoms with E-state index >= 15 is 0 Å². The molecule has 1 rings (SSSR count). The zero-order valence-corrected chi connectivity index (χ0v) is 5.78. The number of rotatable bonds is 2. The Labute approximate surface area is 98.7 Å². The van der Waals surface area contributed by atoms with Crippen LogP contribution in [0.5, 0.6) is 0 Å². The van der Waals surface area contributed by atoms with Crippen molar-refractivity contribution in [3.8, 4) is 0 Å². The Morgan fingerprint density at radius 3 is 2.75 bits per heavy atom. The fourth-order valence-corrected chi connectivity index (χ4v) is 1.02. The van der Waals surface area contributed by atoms with Crippen LogP contribution >= 0.6 is 0 Å². The second kappa shape index (κ2) is 5.69. The number of carbonyl (C=O) groups is 1. The van der Waals surface area contributed by atoms with Crippen molar-refractivity contribution >= 4 is 43.7 Å². The summed E-state index contributed by atoms with van der Waals surface area (Å²) < 4.78 is 0. The van der Waals surface area contributed by atoms with Gasteiger partial charge in [0.05, 0.1) is 6.04 Å². The van der Waals surface area contributed by atoms with Gasteiger partial charge in [0.15, 0.2) is 0 Å². The van der Waals surface area contributed by atoms with Gasteiger partial charge in [0.25, 0.3) is 0 Å². The van der Waals surface area contributed by atoms with Gasteiger partial charge in [0.1, 0.15) is 0 Å². The third-order valence-electron chi connectivity index (χ3n) is 1.51. The summed E-state index contributed by atoms with van der Waals surface area (Å²) in [5, 5.41) is 11.4. The summed E-state index contributed by atoms with van der Waals surface area (Å²) in [4.78, 5) is 24.2. The zero-order valence-electron chi connectivity index (χ0n) is 5.78. The molecule has 12 heavy (non-hydrogen) atoms. The van der Waals surface area contributed by atoms with E-state index in [1.165, 1.54) is 0 Å². The topological polar surface area (TPSA) is 81.5 Å². The number of nitrogens with zero attached hydrogens (tertiary/aromatic N) is 1. The summed E-state index contributed by atoms with van der Waals surface area (Å²) >= 11 is 0. The van der Waals surface area contributed by atoms with Crippen molar-refractivity contribution in [3.63, 3.8) is 0 Å². The van der Waals surface area contributed by atoms with Crippen LogP contribution in [0.25, 0.3) is 0 Å². The van der Waals surface area contributed by atoms with Crippen molar-refractivity contribution in [2.75, 3.05) is 6.54 Å². The van der Waals surface area contributed by atoms with Crippen molar-refractivity contribution < 1.29 is 14.7 Å². The molecule has 0 unspecified atom stereocenters. The van der Waals surface area contributed by atoms with Crippen LogP contribution in [-0.4, -0.2) is 61.4 Å². The van der Waals surface area contributed by atoms with Gasteiger partial charge in [0.2, 0.25) is 0 Å². The summed E-state index contributed by atoms with van der Waals surface area (Å²) in [5.74, 6) is -0.799. The summed E-state index contributed by atoms with van der Waals surface area (Å²) in [7, 11) is 0. The minimum absolute atomic E-state index is 0. The number of hydrogen-bond acceptors (Lipinski definition) is 5. The molecule has 1 atom stereocenters. The molecule has 66 valence electrons. The second-order valence-corrected chi connectivity index (χ2v) is 2.28. The number of carbonyl (C=O) groups excluding carboxylic acids is 1. The molecule has 0 spiro atoms. The molecule has 1 heterocycles. The van der Waals surface area contributed by atoms with E-state index in [0.717, 1.165) is 13.0 Å². The van der Waals surface area contributed by atoms with E-state index in [2.05, 4.69) is 10.2 Å². The molecule has 0 amide bonds. The summed E-state index contributed by atoms with van der Waals surface area (Å²) in [6, 6.07) is -0.486. The van der Waals surface area contributed by atoms with Crippen LogP contribution < -0.4 is 5.32 Å². The Hall–Kier alpha value is 0.0897. The van der Waals surface area contributed by atoms with E-state index in [9.17, 15) is 14.9 Å². The molecule has 0 aromatic heterocycles. The quantitative estimate of drug-likeness (QED) is 0.337. The minimum atomic E-state index is -1.08. The third kappa shape index (κ3) is 3.66. The van der Waals surface area contributed by atoms with Crippen molar-refractivity contribution in [2.24, 2.45) is 0 Å². The summed E-state index contributed by atoms with van der Waals surface area (Å²) in [6.07, 6.45) is 1.48. The predicted molar refractivity (Wildman–Crippen MR) is 42.7 cm³/mol. The van der Waals surface area contributed by atoms with E-state index in [0.29, 0.717) is 6.42 Å². The maximum absolute atomic E-state index is 10.7. The average Bonchev–Trinajstić information content (AvgIpc) is 2.35. The van der Waals surface area contributed by atoms with Gasteiger partial charge in [-0.25, -0.2) is 4.84 Å². The number of nitrogens with one attached hydrogen (secondary N) is 1. The first kappa shape index (κ1) is 12.1. The van der Waals surface area contributed by atoms with Crippen LogP contribution in [0.2, 0.25) is 0 Å². The molecule has 1 fully saturated rings. The Morgan fingerprint density at radius 2 is 2.33 bits per heavy atom. The Balaban J connectivity index is 0.00000121. The molecule has 0 aliphatic carbocycles. The molecular weight excluding hydrogens is 192 g/mol. The van der Waals surface area contributed by atoms with Crippen molar-refractivity contribution in [2.45, 2.75) is 18.9 Å². The van der Waals surface area contributed by atoms with Crippen molar-refractivity contribution in [1.82, 2.24) is 5.32 Å². The first-order chi connectivity index (χ1) is 5.20. The first-order valence-corrected chi connectivity index (χ1v) is 3.30. The van der Waals surface area contributed by atoms with Crippen LogP contribution in [0.1, 0.15) is 12.8 Å². The molecule has 1 aliphatic rings. The molecule has 1 N–H and O–H groups in total. The molecule has 0 aromatic rings. The van der Waals surface area contributed by atoms with Gasteiger partial charge in [0, 0.05) is 0 Å². The van der Waals surface area contributed by atoms with Gasteiger partial charge in [-0.2, -0.15) is 0 Å². The standard InChI is InChI=1S/C5H8N2O4.Ca.2H/c8-5(11-7(9)10)4-2-1-3-6-4;;;/h4,6H,1-3H2;;;/t4-;;;/m0.../s1. The normalized spacial score (nSPS) is 21.2.